The first kappa shape index (κ1) is 15.5. The van der Waals surface area contributed by atoms with Gasteiger partial charge in [-0.3, -0.25) is 0 Å². The SMILES string of the molecule is CC1(C)C2=C(C=CC(Nc3ccc4ccccc4c3)C2)c2ccccc21. The van der Waals surface area contributed by atoms with Crippen molar-refractivity contribution in [3.63, 3.8) is 0 Å². The second kappa shape index (κ2) is 5.60. The molecule has 1 atom stereocenters. The van der Waals surface area contributed by atoms with Crippen LogP contribution in [-0.2, 0) is 5.41 Å². The van der Waals surface area contributed by atoms with Gasteiger partial charge in [-0.05, 0) is 51.6 Å². The highest BCUT2D eigenvalue weighted by Gasteiger charge is 2.38. The zero-order valence-corrected chi connectivity index (χ0v) is 15.3. The van der Waals surface area contributed by atoms with Gasteiger partial charge >= 0.3 is 0 Å². The third kappa shape index (κ3) is 2.31. The summed E-state index contributed by atoms with van der Waals surface area (Å²) in [5, 5.41) is 6.30. The van der Waals surface area contributed by atoms with E-state index in [1.165, 1.54) is 33.2 Å². The van der Waals surface area contributed by atoms with Gasteiger partial charge in [-0.2, -0.15) is 0 Å². The summed E-state index contributed by atoms with van der Waals surface area (Å²) in [4.78, 5) is 0. The van der Waals surface area contributed by atoms with Gasteiger partial charge in [0.2, 0.25) is 0 Å². The number of hydrogen-bond acceptors (Lipinski definition) is 1. The number of fused-ring (bicyclic) bond motifs is 3. The summed E-state index contributed by atoms with van der Waals surface area (Å²) in [5.74, 6) is 0. The van der Waals surface area contributed by atoms with E-state index in [1.807, 2.05) is 0 Å². The van der Waals surface area contributed by atoms with Gasteiger partial charge < -0.3 is 5.32 Å². The van der Waals surface area contributed by atoms with Crippen molar-refractivity contribution < 1.29 is 0 Å². The van der Waals surface area contributed by atoms with E-state index < -0.39 is 0 Å². The lowest BCUT2D eigenvalue weighted by Gasteiger charge is -2.29. The summed E-state index contributed by atoms with van der Waals surface area (Å²) in [6, 6.07) is 24.4. The van der Waals surface area contributed by atoms with Crippen LogP contribution in [0.5, 0.6) is 0 Å². The van der Waals surface area contributed by atoms with Gasteiger partial charge in [0.15, 0.2) is 0 Å². The normalized spacial score (nSPS) is 20.2. The molecule has 0 bridgehead atoms. The Kier molecular flexibility index (Phi) is 3.33. The maximum Gasteiger partial charge on any atom is 0.0485 e. The molecule has 3 aromatic rings. The summed E-state index contributed by atoms with van der Waals surface area (Å²) >= 11 is 0. The molecule has 26 heavy (non-hydrogen) atoms. The van der Waals surface area contributed by atoms with E-state index in [0.717, 1.165) is 6.42 Å². The highest BCUT2D eigenvalue weighted by atomic mass is 14.9. The molecule has 0 heterocycles. The maximum atomic E-state index is 3.73. The molecular formula is C25H23N. The van der Waals surface area contributed by atoms with Crippen molar-refractivity contribution in [2.24, 2.45) is 0 Å². The van der Waals surface area contributed by atoms with Crippen molar-refractivity contribution >= 4 is 22.0 Å². The molecule has 1 unspecified atom stereocenters. The fourth-order valence-electron chi connectivity index (χ4n) is 4.57. The number of anilines is 1. The number of benzene rings is 3. The summed E-state index contributed by atoms with van der Waals surface area (Å²) in [6.45, 7) is 4.72. The zero-order chi connectivity index (χ0) is 17.7. The van der Waals surface area contributed by atoms with Crippen molar-refractivity contribution in [2.45, 2.75) is 31.7 Å². The van der Waals surface area contributed by atoms with Crippen LogP contribution in [0.4, 0.5) is 5.69 Å². The van der Waals surface area contributed by atoms with Crippen molar-refractivity contribution in [3.8, 4) is 0 Å². The molecule has 0 fully saturated rings. The van der Waals surface area contributed by atoms with Gasteiger partial charge in [0, 0.05) is 17.1 Å². The van der Waals surface area contributed by atoms with Gasteiger partial charge in [0.25, 0.3) is 0 Å². The average Bonchev–Trinajstić information content (AvgIpc) is 2.89. The van der Waals surface area contributed by atoms with Gasteiger partial charge in [-0.25, -0.2) is 0 Å². The van der Waals surface area contributed by atoms with E-state index >= 15 is 0 Å². The molecular weight excluding hydrogens is 314 g/mol. The molecule has 5 rings (SSSR count). The minimum absolute atomic E-state index is 0.111. The summed E-state index contributed by atoms with van der Waals surface area (Å²) < 4.78 is 0. The first-order valence-corrected chi connectivity index (χ1v) is 9.40. The summed E-state index contributed by atoms with van der Waals surface area (Å²) in [5.41, 5.74) is 7.16. The topological polar surface area (TPSA) is 12.0 Å². The van der Waals surface area contributed by atoms with Crippen LogP contribution in [0.25, 0.3) is 16.3 Å². The monoisotopic (exact) mass is 337 g/mol. The number of nitrogens with one attached hydrogen (secondary N) is 1. The number of allylic oxidation sites excluding steroid dienone is 2. The standard InChI is InChI=1S/C25H23N/c1-25(2)23-10-6-5-9-21(23)22-14-13-20(16-24(22)25)26-19-12-11-17-7-3-4-8-18(17)15-19/h3-15,20,26H,16H2,1-2H3. The van der Waals surface area contributed by atoms with Gasteiger partial charge in [0.1, 0.15) is 0 Å². The van der Waals surface area contributed by atoms with Crippen LogP contribution in [0, 0.1) is 0 Å². The Balaban J connectivity index is 1.44. The number of hydrogen-bond donors (Lipinski definition) is 1. The predicted octanol–water partition coefficient (Wildman–Crippen LogP) is 6.33. The zero-order valence-electron chi connectivity index (χ0n) is 15.3. The quantitative estimate of drug-likeness (QED) is 0.576. The van der Waals surface area contributed by atoms with Crippen molar-refractivity contribution in [1.82, 2.24) is 0 Å². The summed E-state index contributed by atoms with van der Waals surface area (Å²) in [7, 11) is 0. The molecule has 0 aromatic heterocycles. The van der Waals surface area contributed by atoms with Crippen molar-refractivity contribution in [3.05, 3.63) is 95.6 Å². The minimum atomic E-state index is 0.111. The molecule has 0 spiro atoms. The molecule has 3 aromatic carbocycles. The first-order chi connectivity index (χ1) is 12.6. The molecule has 0 radical (unpaired) electrons. The second-order valence-electron chi connectivity index (χ2n) is 7.94. The fraction of sp³-hybridized carbons (Fsp3) is 0.200. The molecule has 0 saturated heterocycles. The Labute approximate surface area is 155 Å². The van der Waals surface area contributed by atoms with E-state index in [2.05, 4.69) is 98.0 Å². The largest absolute Gasteiger partial charge is 0.378 e. The van der Waals surface area contributed by atoms with Crippen LogP contribution in [0.2, 0.25) is 0 Å². The van der Waals surface area contributed by atoms with Gasteiger partial charge in [0.05, 0.1) is 0 Å². The third-order valence-corrected chi connectivity index (χ3v) is 5.99. The molecule has 128 valence electrons. The van der Waals surface area contributed by atoms with E-state index in [-0.39, 0.29) is 5.41 Å². The lowest BCUT2D eigenvalue weighted by atomic mass is 9.77. The number of rotatable bonds is 2. The Morgan fingerprint density at radius 3 is 2.54 bits per heavy atom. The second-order valence-corrected chi connectivity index (χ2v) is 7.94. The van der Waals surface area contributed by atoms with E-state index in [1.54, 1.807) is 5.57 Å². The van der Waals surface area contributed by atoms with E-state index in [0.29, 0.717) is 6.04 Å². The van der Waals surface area contributed by atoms with Crippen LogP contribution in [-0.4, -0.2) is 6.04 Å². The smallest absolute Gasteiger partial charge is 0.0485 e. The molecule has 1 nitrogen and oxygen atoms in total. The van der Waals surface area contributed by atoms with Crippen LogP contribution in [0.3, 0.4) is 0 Å². The molecule has 0 saturated carbocycles. The Bertz CT molecular complexity index is 1070. The van der Waals surface area contributed by atoms with E-state index in [9.17, 15) is 0 Å². The molecule has 0 aliphatic heterocycles. The Morgan fingerprint density at radius 1 is 0.885 bits per heavy atom. The summed E-state index contributed by atoms with van der Waals surface area (Å²) in [6.07, 6.45) is 5.71. The van der Waals surface area contributed by atoms with Crippen molar-refractivity contribution in [2.75, 3.05) is 5.32 Å². The first-order valence-electron chi connectivity index (χ1n) is 9.40. The molecule has 1 heteroatoms. The fourth-order valence-corrected chi connectivity index (χ4v) is 4.57. The Hall–Kier alpha value is -2.80. The molecule has 1 N–H and O–H groups in total. The lowest BCUT2D eigenvalue weighted by Crippen LogP contribution is -2.26. The van der Waals surface area contributed by atoms with Crippen LogP contribution >= 0.6 is 0 Å². The average molecular weight is 337 g/mol. The van der Waals surface area contributed by atoms with Gasteiger partial charge in [-0.1, -0.05) is 80.6 Å². The molecule has 0 amide bonds. The van der Waals surface area contributed by atoms with Crippen LogP contribution in [0.1, 0.15) is 31.4 Å². The van der Waals surface area contributed by atoms with Crippen molar-refractivity contribution in [1.29, 1.82) is 0 Å². The molecule has 2 aliphatic carbocycles. The highest BCUT2D eigenvalue weighted by Crippen LogP contribution is 2.50. The van der Waals surface area contributed by atoms with Crippen LogP contribution < -0.4 is 5.32 Å². The lowest BCUT2D eigenvalue weighted by molar-refractivity contribution is 0.596. The predicted molar refractivity (Wildman–Crippen MR) is 112 cm³/mol. The Morgan fingerprint density at radius 2 is 1.65 bits per heavy atom. The molecule has 2 aliphatic rings. The highest BCUT2D eigenvalue weighted by molar-refractivity contribution is 5.88. The van der Waals surface area contributed by atoms with Gasteiger partial charge in [-0.15, -0.1) is 0 Å². The third-order valence-electron chi connectivity index (χ3n) is 5.99. The minimum Gasteiger partial charge on any atom is -0.378 e. The maximum absolute atomic E-state index is 3.73. The van der Waals surface area contributed by atoms with E-state index in [4.69, 9.17) is 0 Å². The van der Waals surface area contributed by atoms with Crippen LogP contribution in [0.15, 0.2) is 84.5 Å².